The van der Waals surface area contributed by atoms with Crippen LogP contribution in [0.5, 0.6) is 0 Å². The van der Waals surface area contributed by atoms with Crippen LogP contribution in [0.4, 0.5) is 0 Å². The summed E-state index contributed by atoms with van der Waals surface area (Å²) in [4.78, 5) is 2.87. The third-order valence-corrected chi connectivity index (χ3v) is 6.72. The summed E-state index contributed by atoms with van der Waals surface area (Å²) in [6, 6.07) is 0. The number of hydrogen-bond donors (Lipinski definition) is 1. The molecule has 4 rings (SSSR count). The topological polar surface area (TPSA) is 24.5 Å². The Kier molecular flexibility index (Phi) is 3.79. The zero-order chi connectivity index (χ0) is 14.3. The van der Waals surface area contributed by atoms with Crippen LogP contribution in [0, 0.1) is 5.92 Å². The molecule has 3 nitrogen and oxygen atoms in total. The van der Waals surface area contributed by atoms with Crippen molar-refractivity contribution in [1.82, 2.24) is 10.2 Å². The predicted octanol–water partition coefficient (Wildman–Crippen LogP) is 2.94. The molecular formula is C18H32N2O. The van der Waals surface area contributed by atoms with Gasteiger partial charge in [-0.1, -0.05) is 19.3 Å². The molecule has 0 aromatic rings. The monoisotopic (exact) mass is 292 g/mol. The van der Waals surface area contributed by atoms with Crippen molar-refractivity contribution >= 4 is 0 Å². The molecule has 21 heavy (non-hydrogen) atoms. The van der Waals surface area contributed by atoms with E-state index < -0.39 is 0 Å². The Morgan fingerprint density at radius 3 is 2.57 bits per heavy atom. The molecule has 0 aromatic heterocycles. The van der Waals surface area contributed by atoms with E-state index in [4.69, 9.17) is 4.74 Å². The molecule has 4 aliphatic rings. The molecule has 0 aromatic carbocycles. The van der Waals surface area contributed by atoms with Gasteiger partial charge < -0.3 is 10.1 Å². The Hall–Kier alpha value is -0.120. The molecule has 0 radical (unpaired) electrons. The van der Waals surface area contributed by atoms with Gasteiger partial charge in [0.05, 0.1) is 6.10 Å². The highest BCUT2D eigenvalue weighted by Gasteiger charge is 2.51. The van der Waals surface area contributed by atoms with Gasteiger partial charge in [-0.05, 0) is 51.4 Å². The molecule has 4 fully saturated rings. The van der Waals surface area contributed by atoms with Gasteiger partial charge in [-0.2, -0.15) is 0 Å². The summed E-state index contributed by atoms with van der Waals surface area (Å²) in [5, 5.41) is 3.99. The molecule has 0 bridgehead atoms. The summed E-state index contributed by atoms with van der Waals surface area (Å²) in [5.41, 5.74) is 0.805. The lowest BCUT2D eigenvalue weighted by Crippen LogP contribution is -2.71. The molecule has 2 unspecified atom stereocenters. The van der Waals surface area contributed by atoms with Gasteiger partial charge in [-0.25, -0.2) is 0 Å². The Morgan fingerprint density at radius 1 is 1.10 bits per heavy atom. The molecule has 2 aliphatic carbocycles. The third kappa shape index (κ3) is 2.77. The SMILES string of the molecule is CC1(C2CC2)CN(CC2CCCO2)C2(CCCCC2)CN1. The maximum absolute atomic E-state index is 5.97. The fraction of sp³-hybridized carbons (Fsp3) is 1.00. The molecular weight excluding hydrogens is 260 g/mol. The van der Waals surface area contributed by atoms with E-state index in [9.17, 15) is 0 Å². The van der Waals surface area contributed by atoms with E-state index in [2.05, 4.69) is 17.1 Å². The zero-order valence-electron chi connectivity index (χ0n) is 13.7. The fourth-order valence-electron chi connectivity index (χ4n) is 5.09. The molecule has 1 N–H and O–H groups in total. The normalized spacial score (nSPS) is 40.7. The highest BCUT2D eigenvalue weighted by molar-refractivity contribution is 5.09. The summed E-state index contributed by atoms with van der Waals surface area (Å²) >= 11 is 0. The molecule has 2 heterocycles. The van der Waals surface area contributed by atoms with Crippen LogP contribution in [0.3, 0.4) is 0 Å². The highest BCUT2D eigenvalue weighted by atomic mass is 16.5. The third-order valence-electron chi connectivity index (χ3n) is 6.72. The van der Waals surface area contributed by atoms with Gasteiger partial charge in [0.25, 0.3) is 0 Å². The van der Waals surface area contributed by atoms with Gasteiger partial charge in [-0.15, -0.1) is 0 Å². The van der Waals surface area contributed by atoms with Crippen LogP contribution in [0.25, 0.3) is 0 Å². The van der Waals surface area contributed by atoms with Crippen LogP contribution in [0.2, 0.25) is 0 Å². The zero-order valence-corrected chi connectivity index (χ0v) is 13.7. The molecule has 1 spiro atoms. The highest BCUT2D eigenvalue weighted by Crippen LogP contribution is 2.45. The second kappa shape index (κ2) is 5.50. The molecule has 3 heteroatoms. The summed E-state index contributed by atoms with van der Waals surface area (Å²) in [5.74, 6) is 0.922. The fourth-order valence-corrected chi connectivity index (χ4v) is 5.09. The van der Waals surface area contributed by atoms with E-state index in [1.165, 1.54) is 77.4 Å². The molecule has 2 saturated heterocycles. The summed E-state index contributed by atoms with van der Waals surface area (Å²) in [6.45, 7) is 7.11. The van der Waals surface area contributed by atoms with E-state index in [0.717, 1.165) is 12.5 Å². The number of nitrogens with zero attached hydrogens (tertiary/aromatic N) is 1. The number of rotatable bonds is 3. The molecule has 0 amide bonds. The largest absolute Gasteiger partial charge is 0.377 e. The van der Waals surface area contributed by atoms with Gasteiger partial charge in [0.1, 0.15) is 0 Å². The predicted molar refractivity (Wildman–Crippen MR) is 85.5 cm³/mol. The van der Waals surface area contributed by atoms with Crippen molar-refractivity contribution in [3.05, 3.63) is 0 Å². The minimum Gasteiger partial charge on any atom is -0.377 e. The lowest BCUT2D eigenvalue weighted by atomic mass is 9.75. The van der Waals surface area contributed by atoms with Crippen molar-refractivity contribution < 1.29 is 4.74 Å². The summed E-state index contributed by atoms with van der Waals surface area (Å²) < 4.78 is 5.97. The standard InChI is InChI=1S/C18H32N2O/c1-17(15-7-8-15)14-20(12-16-6-5-11-21-16)18(13-19-17)9-3-2-4-10-18/h15-16,19H,2-14H2,1H3. The van der Waals surface area contributed by atoms with Crippen molar-refractivity contribution in [2.75, 3.05) is 26.2 Å². The lowest BCUT2D eigenvalue weighted by molar-refractivity contribution is -0.0481. The van der Waals surface area contributed by atoms with Crippen molar-refractivity contribution in [2.45, 2.75) is 81.9 Å². The van der Waals surface area contributed by atoms with Gasteiger partial charge in [0.2, 0.25) is 0 Å². The van der Waals surface area contributed by atoms with E-state index in [1.54, 1.807) is 0 Å². The van der Waals surface area contributed by atoms with Crippen molar-refractivity contribution in [2.24, 2.45) is 5.92 Å². The van der Waals surface area contributed by atoms with Gasteiger partial charge in [0, 0.05) is 37.3 Å². The smallest absolute Gasteiger partial charge is 0.0703 e. The second-order valence-electron chi connectivity index (χ2n) is 8.35. The van der Waals surface area contributed by atoms with E-state index in [1.807, 2.05) is 0 Å². The first-order valence-corrected chi connectivity index (χ1v) is 9.32. The maximum atomic E-state index is 5.97. The van der Waals surface area contributed by atoms with E-state index >= 15 is 0 Å². The lowest BCUT2D eigenvalue weighted by Gasteiger charge is -2.56. The van der Waals surface area contributed by atoms with Crippen LogP contribution in [-0.4, -0.2) is 48.3 Å². The van der Waals surface area contributed by atoms with E-state index in [0.29, 0.717) is 17.2 Å². The van der Waals surface area contributed by atoms with Crippen molar-refractivity contribution in [3.63, 3.8) is 0 Å². The Bertz CT molecular complexity index is 369. The molecule has 2 saturated carbocycles. The number of ether oxygens (including phenoxy) is 1. The van der Waals surface area contributed by atoms with Gasteiger partial charge >= 0.3 is 0 Å². The average Bonchev–Trinajstić information content (AvgIpc) is 3.25. The minimum absolute atomic E-state index is 0.362. The first kappa shape index (κ1) is 14.5. The van der Waals surface area contributed by atoms with Gasteiger partial charge in [-0.3, -0.25) is 4.90 Å². The van der Waals surface area contributed by atoms with Crippen LogP contribution in [0.1, 0.15) is 64.7 Å². The Morgan fingerprint density at radius 2 is 1.90 bits per heavy atom. The molecule has 2 aliphatic heterocycles. The van der Waals surface area contributed by atoms with Crippen molar-refractivity contribution in [1.29, 1.82) is 0 Å². The second-order valence-corrected chi connectivity index (χ2v) is 8.35. The number of nitrogens with one attached hydrogen (secondary N) is 1. The van der Waals surface area contributed by atoms with Gasteiger partial charge in [0.15, 0.2) is 0 Å². The molecule has 2 atom stereocenters. The quantitative estimate of drug-likeness (QED) is 0.865. The van der Waals surface area contributed by atoms with Crippen LogP contribution in [-0.2, 0) is 4.74 Å². The first-order valence-electron chi connectivity index (χ1n) is 9.32. The van der Waals surface area contributed by atoms with Crippen LogP contribution < -0.4 is 5.32 Å². The minimum atomic E-state index is 0.362. The maximum Gasteiger partial charge on any atom is 0.0703 e. The first-order chi connectivity index (χ1) is 10.2. The Labute approximate surface area is 129 Å². The van der Waals surface area contributed by atoms with Crippen molar-refractivity contribution in [3.8, 4) is 0 Å². The number of piperazine rings is 1. The summed E-state index contributed by atoms with van der Waals surface area (Å²) in [7, 11) is 0. The summed E-state index contributed by atoms with van der Waals surface area (Å²) in [6.07, 6.45) is 13.0. The average molecular weight is 292 g/mol. The van der Waals surface area contributed by atoms with Crippen LogP contribution in [0.15, 0.2) is 0 Å². The molecule has 120 valence electrons. The van der Waals surface area contributed by atoms with E-state index in [-0.39, 0.29) is 0 Å². The number of hydrogen-bond acceptors (Lipinski definition) is 3. The van der Waals surface area contributed by atoms with Crippen LogP contribution >= 0.6 is 0 Å². The Balaban J connectivity index is 1.51.